The second kappa shape index (κ2) is 8.56. The Morgan fingerprint density at radius 1 is 1.32 bits per heavy atom. The number of rotatable bonds is 7. The molecule has 25 heavy (non-hydrogen) atoms. The van der Waals surface area contributed by atoms with Crippen molar-refractivity contribution in [3.05, 3.63) is 53.9 Å². The Kier molecular flexibility index (Phi) is 6.18. The van der Waals surface area contributed by atoms with Gasteiger partial charge >= 0.3 is 0 Å². The molecular weight excluding hydrogens is 319 g/mol. The summed E-state index contributed by atoms with van der Waals surface area (Å²) in [5, 5.41) is 0. The Hall–Kier alpha value is -1.76. The summed E-state index contributed by atoms with van der Waals surface area (Å²) in [5.74, 6) is 1.27. The molecule has 0 unspecified atom stereocenters. The van der Waals surface area contributed by atoms with Gasteiger partial charge in [0.2, 0.25) is 0 Å². The number of likely N-dealkylation sites (N-methyl/N-ethyl adjacent to an activating group) is 1. The van der Waals surface area contributed by atoms with Crippen molar-refractivity contribution in [1.82, 2.24) is 19.4 Å². The Morgan fingerprint density at radius 3 is 3.00 bits per heavy atom. The standard InChI is InChI=1S/C19H27FN4O/c1-22(2)8-9-25-15-17-12-23(11-16-4-3-5-18(20)10-16)14-19-21-6-7-24(19)13-17/h3-7,10,17H,8-9,11-15H2,1-2H3/t17-/m0/s1. The molecule has 1 aliphatic rings. The molecule has 0 fully saturated rings. The normalized spacial score (nSPS) is 18.3. The summed E-state index contributed by atoms with van der Waals surface area (Å²) in [5.41, 5.74) is 0.993. The van der Waals surface area contributed by atoms with E-state index in [9.17, 15) is 4.39 Å². The highest BCUT2D eigenvalue weighted by molar-refractivity contribution is 5.16. The quantitative estimate of drug-likeness (QED) is 0.720. The lowest BCUT2D eigenvalue weighted by Crippen LogP contribution is -2.30. The van der Waals surface area contributed by atoms with Crippen molar-refractivity contribution in [3.8, 4) is 0 Å². The van der Waals surface area contributed by atoms with Gasteiger partial charge in [-0.05, 0) is 31.8 Å². The van der Waals surface area contributed by atoms with Crippen LogP contribution in [-0.4, -0.2) is 59.7 Å². The van der Waals surface area contributed by atoms with Crippen molar-refractivity contribution in [2.75, 3.05) is 40.4 Å². The highest BCUT2D eigenvalue weighted by Gasteiger charge is 2.22. The molecule has 0 bridgehead atoms. The minimum absolute atomic E-state index is 0.183. The van der Waals surface area contributed by atoms with Crippen LogP contribution in [0, 0.1) is 11.7 Å². The Labute approximate surface area is 149 Å². The molecule has 0 spiro atoms. The van der Waals surface area contributed by atoms with Crippen LogP contribution in [0.5, 0.6) is 0 Å². The van der Waals surface area contributed by atoms with Gasteiger partial charge in [0.1, 0.15) is 11.6 Å². The molecule has 1 aliphatic heterocycles. The number of benzene rings is 1. The van der Waals surface area contributed by atoms with Gasteiger partial charge in [-0.3, -0.25) is 4.90 Å². The van der Waals surface area contributed by atoms with Gasteiger partial charge in [-0.25, -0.2) is 9.37 Å². The molecule has 2 aromatic rings. The van der Waals surface area contributed by atoms with E-state index in [1.54, 1.807) is 12.1 Å². The van der Waals surface area contributed by atoms with Crippen molar-refractivity contribution in [2.45, 2.75) is 19.6 Å². The molecule has 1 atom stereocenters. The van der Waals surface area contributed by atoms with Crippen LogP contribution < -0.4 is 0 Å². The number of imidazole rings is 1. The van der Waals surface area contributed by atoms with Crippen LogP contribution in [0.2, 0.25) is 0 Å². The Balaban J connectivity index is 1.64. The summed E-state index contributed by atoms with van der Waals surface area (Å²) in [6, 6.07) is 6.84. The topological polar surface area (TPSA) is 33.5 Å². The van der Waals surface area contributed by atoms with Gasteiger partial charge in [0, 0.05) is 44.5 Å². The van der Waals surface area contributed by atoms with E-state index >= 15 is 0 Å². The van der Waals surface area contributed by atoms with E-state index in [0.717, 1.165) is 57.3 Å². The molecule has 1 aromatic carbocycles. The van der Waals surface area contributed by atoms with Crippen LogP contribution in [0.15, 0.2) is 36.7 Å². The van der Waals surface area contributed by atoms with Crippen LogP contribution in [0.25, 0.3) is 0 Å². The van der Waals surface area contributed by atoms with E-state index in [2.05, 4.69) is 19.4 Å². The molecule has 0 N–H and O–H groups in total. The number of nitrogens with zero attached hydrogens (tertiary/aromatic N) is 4. The molecule has 0 radical (unpaired) electrons. The van der Waals surface area contributed by atoms with E-state index in [-0.39, 0.29) is 5.82 Å². The van der Waals surface area contributed by atoms with Crippen molar-refractivity contribution < 1.29 is 9.13 Å². The number of aromatic nitrogens is 2. The molecule has 0 amide bonds. The maximum absolute atomic E-state index is 13.5. The van der Waals surface area contributed by atoms with Gasteiger partial charge < -0.3 is 14.2 Å². The fraction of sp³-hybridized carbons (Fsp3) is 0.526. The molecular formula is C19H27FN4O. The second-order valence-electron chi connectivity index (χ2n) is 7.04. The maximum Gasteiger partial charge on any atom is 0.123 e. The highest BCUT2D eigenvalue weighted by atomic mass is 19.1. The van der Waals surface area contributed by atoms with Crippen molar-refractivity contribution in [1.29, 1.82) is 0 Å². The molecule has 2 heterocycles. The zero-order chi connectivity index (χ0) is 17.6. The van der Waals surface area contributed by atoms with Gasteiger partial charge in [0.25, 0.3) is 0 Å². The van der Waals surface area contributed by atoms with Crippen LogP contribution >= 0.6 is 0 Å². The van der Waals surface area contributed by atoms with Gasteiger partial charge in [0.15, 0.2) is 0 Å². The maximum atomic E-state index is 13.5. The first kappa shape index (κ1) is 18.0. The fourth-order valence-electron chi connectivity index (χ4n) is 3.24. The molecule has 5 nitrogen and oxygen atoms in total. The number of ether oxygens (including phenoxy) is 1. The second-order valence-corrected chi connectivity index (χ2v) is 7.04. The minimum atomic E-state index is -0.183. The molecule has 136 valence electrons. The summed E-state index contributed by atoms with van der Waals surface area (Å²) in [6.45, 7) is 5.72. The van der Waals surface area contributed by atoms with E-state index in [0.29, 0.717) is 5.92 Å². The Bertz CT molecular complexity index is 673. The predicted molar refractivity (Wildman–Crippen MR) is 95.6 cm³/mol. The van der Waals surface area contributed by atoms with Crippen molar-refractivity contribution >= 4 is 0 Å². The van der Waals surface area contributed by atoms with Gasteiger partial charge in [-0.15, -0.1) is 0 Å². The zero-order valence-electron chi connectivity index (χ0n) is 15.1. The van der Waals surface area contributed by atoms with E-state index in [1.807, 2.05) is 32.6 Å². The first-order chi connectivity index (χ1) is 12.1. The molecule has 0 saturated heterocycles. The summed E-state index contributed by atoms with van der Waals surface area (Å²) in [6.07, 6.45) is 3.89. The van der Waals surface area contributed by atoms with Gasteiger partial charge in [-0.2, -0.15) is 0 Å². The number of halogens is 1. The lowest BCUT2D eigenvalue weighted by atomic mass is 10.1. The van der Waals surface area contributed by atoms with Crippen molar-refractivity contribution in [2.24, 2.45) is 5.92 Å². The van der Waals surface area contributed by atoms with E-state index < -0.39 is 0 Å². The Morgan fingerprint density at radius 2 is 2.20 bits per heavy atom. The molecule has 1 aromatic heterocycles. The summed E-state index contributed by atoms with van der Waals surface area (Å²) >= 11 is 0. The summed E-state index contributed by atoms with van der Waals surface area (Å²) < 4.78 is 21.6. The van der Waals surface area contributed by atoms with Crippen LogP contribution in [-0.2, 0) is 24.4 Å². The van der Waals surface area contributed by atoms with Crippen LogP contribution in [0.3, 0.4) is 0 Å². The predicted octanol–water partition coefficient (Wildman–Crippen LogP) is 2.23. The van der Waals surface area contributed by atoms with Gasteiger partial charge in [0.05, 0.1) is 19.8 Å². The third kappa shape index (κ3) is 5.36. The molecule has 0 saturated carbocycles. The minimum Gasteiger partial charge on any atom is -0.380 e. The average molecular weight is 346 g/mol. The van der Waals surface area contributed by atoms with Crippen molar-refractivity contribution in [3.63, 3.8) is 0 Å². The first-order valence-electron chi connectivity index (χ1n) is 8.79. The smallest absolute Gasteiger partial charge is 0.123 e. The third-order valence-corrected chi connectivity index (χ3v) is 4.47. The summed E-state index contributed by atoms with van der Waals surface area (Å²) in [4.78, 5) is 8.94. The molecule has 0 aliphatic carbocycles. The summed E-state index contributed by atoms with van der Waals surface area (Å²) in [7, 11) is 4.10. The SMILES string of the molecule is CN(C)CCOC[C@H]1CN(Cc2cccc(F)c2)Cc2nccn2C1. The largest absolute Gasteiger partial charge is 0.380 e. The lowest BCUT2D eigenvalue weighted by Gasteiger charge is -2.24. The fourth-order valence-corrected chi connectivity index (χ4v) is 3.24. The van der Waals surface area contributed by atoms with E-state index in [1.165, 1.54) is 6.07 Å². The highest BCUT2D eigenvalue weighted by Crippen LogP contribution is 2.18. The van der Waals surface area contributed by atoms with Crippen LogP contribution in [0.4, 0.5) is 4.39 Å². The van der Waals surface area contributed by atoms with E-state index in [4.69, 9.17) is 4.74 Å². The third-order valence-electron chi connectivity index (χ3n) is 4.47. The van der Waals surface area contributed by atoms with Gasteiger partial charge in [-0.1, -0.05) is 12.1 Å². The van der Waals surface area contributed by atoms with Crippen LogP contribution in [0.1, 0.15) is 11.4 Å². The monoisotopic (exact) mass is 346 g/mol. The zero-order valence-corrected chi connectivity index (χ0v) is 15.1. The first-order valence-corrected chi connectivity index (χ1v) is 8.79. The number of hydrogen-bond donors (Lipinski definition) is 0. The average Bonchev–Trinajstić information content (AvgIpc) is 2.91. The molecule has 6 heteroatoms. The number of hydrogen-bond acceptors (Lipinski definition) is 4. The molecule has 3 rings (SSSR count). The lowest BCUT2D eigenvalue weighted by molar-refractivity contribution is 0.0681. The number of fused-ring (bicyclic) bond motifs is 1.